The van der Waals surface area contributed by atoms with E-state index in [2.05, 4.69) is 23.7 Å². The van der Waals surface area contributed by atoms with Crippen LogP contribution in [0.5, 0.6) is 0 Å². The monoisotopic (exact) mass is 482 g/mol. The lowest BCUT2D eigenvalue weighted by Crippen LogP contribution is -2.23. The molecule has 180 valence electrons. The third-order valence-electron chi connectivity index (χ3n) is 5.81. The summed E-state index contributed by atoms with van der Waals surface area (Å²) in [5, 5.41) is 12.5. The van der Waals surface area contributed by atoms with Crippen molar-refractivity contribution in [1.29, 1.82) is 5.26 Å². The van der Waals surface area contributed by atoms with E-state index in [0.29, 0.717) is 16.5 Å². The summed E-state index contributed by atoms with van der Waals surface area (Å²) < 4.78 is 7.23. The highest BCUT2D eigenvalue weighted by Gasteiger charge is 2.25. The minimum absolute atomic E-state index is 0.193. The Balaban J connectivity index is 1.68. The van der Waals surface area contributed by atoms with Crippen molar-refractivity contribution in [3.05, 3.63) is 44.6 Å². The van der Waals surface area contributed by atoms with Gasteiger partial charge in [0.2, 0.25) is 0 Å². The SMILES string of the molecule is Cc1cc(/C=C(\C#N)C(=O)OCC(=O)Nc2sc3c(c2C(N)=O)CCCC3)c(C)n1CC(C)C. The first-order valence-electron chi connectivity index (χ1n) is 11.3. The summed E-state index contributed by atoms with van der Waals surface area (Å²) in [6.07, 6.45) is 5.08. The number of carbonyl (C=O) groups excluding carboxylic acids is 3. The number of hydrogen-bond donors (Lipinski definition) is 2. The van der Waals surface area contributed by atoms with Gasteiger partial charge in [-0.15, -0.1) is 11.3 Å². The second-order valence-electron chi connectivity index (χ2n) is 8.90. The number of ether oxygens (including phenoxy) is 1. The molecule has 2 aromatic heterocycles. The number of fused-ring (bicyclic) bond motifs is 1. The Bertz CT molecular complexity index is 1200. The number of aryl methyl sites for hydroxylation is 2. The lowest BCUT2D eigenvalue weighted by molar-refractivity contribution is -0.142. The Morgan fingerprint density at radius 2 is 2.00 bits per heavy atom. The predicted molar refractivity (Wildman–Crippen MR) is 131 cm³/mol. The van der Waals surface area contributed by atoms with Gasteiger partial charge in [-0.1, -0.05) is 13.8 Å². The standard InChI is InChI=1S/C25H30N4O4S/c1-14(2)12-29-15(3)9-17(16(29)4)10-18(11-26)25(32)33-13-21(30)28-24-22(23(27)31)19-7-5-6-8-20(19)34-24/h9-10,14H,5-8,12-13H2,1-4H3,(H2,27,31)(H,28,30)/b18-10+. The maximum absolute atomic E-state index is 12.5. The second kappa shape index (κ2) is 10.7. The molecule has 0 aromatic carbocycles. The molecule has 0 saturated heterocycles. The first-order chi connectivity index (χ1) is 16.1. The molecule has 0 saturated carbocycles. The van der Waals surface area contributed by atoms with Crippen molar-refractivity contribution in [2.75, 3.05) is 11.9 Å². The summed E-state index contributed by atoms with van der Waals surface area (Å²) in [5.74, 6) is -1.62. The van der Waals surface area contributed by atoms with Gasteiger partial charge in [-0.05, 0) is 68.7 Å². The Morgan fingerprint density at radius 1 is 1.29 bits per heavy atom. The van der Waals surface area contributed by atoms with E-state index < -0.39 is 24.4 Å². The number of primary amides is 1. The van der Waals surface area contributed by atoms with Crippen molar-refractivity contribution in [1.82, 2.24) is 4.57 Å². The van der Waals surface area contributed by atoms with Gasteiger partial charge in [0.15, 0.2) is 6.61 Å². The minimum atomic E-state index is -0.882. The first kappa shape index (κ1) is 25.2. The molecule has 0 bridgehead atoms. The Hall–Kier alpha value is -3.38. The molecule has 3 rings (SSSR count). The highest BCUT2D eigenvalue weighted by molar-refractivity contribution is 7.17. The van der Waals surface area contributed by atoms with Crippen LogP contribution in [0, 0.1) is 31.1 Å². The third kappa shape index (κ3) is 5.57. The van der Waals surface area contributed by atoms with Crippen LogP contribution in [0.3, 0.4) is 0 Å². The van der Waals surface area contributed by atoms with Gasteiger partial charge in [-0.2, -0.15) is 5.26 Å². The van der Waals surface area contributed by atoms with Crippen LogP contribution in [0.15, 0.2) is 11.6 Å². The maximum atomic E-state index is 12.5. The van der Waals surface area contributed by atoms with Gasteiger partial charge in [-0.3, -0.25) is 9.59 Å². The molecule has 0 atom stereocenters. The lowest BCUT2D eigenvalue weighted by Gasteiger charge is -2.12. The van der Waals surface area contributed by atoms with Crippen molar-refractivity contribution in [3.63, 3.8) is 0 Å². The fraction of sp³-hybridized carbons (Fsp3) is 0.440. The fourth-order valence-corrected chi connectivity index (χ4v) is 5.51. The van der Waals surface area contributed by atoms with Crippen molar-refractivity contribution < 1.29 is 19.1 Å². The van der Waals surface area contributed by atoms with Crippen LogP contribution in [0.25, 0.3) is 6.08 Å². The highest BCUT2D eigenvalue weighted by Crippen LogP contribution is 2.37. The quantitative estimate of drug-likeness (QED) is 0.335. The number of aromatic nitrogens is 1. The molecule has 2 heterocycles. The smallest absolute Gasteiger partial charge is 0.349 e. The number of amides is 2. The summed E-state index contributed by atoms with van der Waals surface area (Å²) in [6.45, 7) is 8.41. The van der Waals surface area contributed by atoms with E-state index >= 15 is 0 Å². The molecule has 0 spiro atoms. The number of thiophene rings is 1. The van der Waals surface area contributed by atoms with E-state index in [1.54, 1.807) is 0 Å². The van der Waals surface area contributed by atoms with Crippen LogP contribution in [-0.4, -0.2) is 29.0 Å². The molecule has 9 heteroatoms. The summed E-state index contributed by atoms with van der Waals surface area (Å²) in [4.78, 5) is 37.9. The zero-order chi connectivity index (χ0) is 25.0. The molecule has 0 unspecified atom stereocenters. The van der Waals surface area contributed by atoms with Crippen LogP contribution in [0.1, 0.15) is 64.4 Å². The van der Waals surface area contributed by atoms with Gasteiger partial charge < -0.3 is 20.4 Å². The number of nitrogens with one attached hydrogen (secondary N) is 1. The van der Waals surface area contributed by atoms with Crippen LogP contribution < -0.4 is 11.1 Å². The number of hydrogen-bond acceptors (Lipinski definition) is 6. The zero-order valence-corrected chi connectivity index (χ0v) is 20.8. The normalized spacial score (nSPS) is 13.4. The van der Waals surface area contributed by atoms with Crippen LogP contribution in [-0.2, 0) is 33.7 Å². The fourth-order valence-electron chi connectivity index (χ4n) is 4.20. The lowest BCUT2D eigenvalue weighted by atomic mass is 9.95. The van der Waals surface area contributed by atoms with Gasteiger partial charge in [0, 0.05) is 22.8 Å². The summed E-state index contributed by atoms with van der Waals surface area (Å²) in [6, 6.07) is 3.78. The van der Waals surface area contributed by atoms with Crippen LogP contribution >= 0.6 is 11.3 Å². The van der Waals surface area contributed by atoms with E-state index in [4.69, 9.17) is 10.5 Å². The van der Waals surface area contributed by atoms with Crippen molar-refractivity contribution in [2.45, 2.75) is 59.9 Å². The molecule has 0 fully saturated rings. The maximum Gasteiger partial charge on any atom is 0.349 e. The molecule has 8 nitrogen and oxygen atoms in total. The molecule has 3 N–H and O–H groups in total. The highest BCUT2D eigenvalue weighted by atomic mass is 32.1. The van der Waals surface area contributed by atoms with Gasteiger partial charge in [-0.25, -0.2) is 4.79 Å². The average Bonchev–Trinajstić information content (AvgIpc) is 3.27. The zero-order valence-electron chi connectivity index (χ0n) is 20.0. The number of esters is 1. The van der Waals surface area contributed by atoms with E-state index in [9.17, 15) is 19.6 Å². The van der Waals surface area contributed by atoms with Crippen molar-refractivity contribution in [2.24, 2.45) is 11.7 Å². The largest absolute Gasteiger partial charge is 0.451 e. The molecule has 1 aliphatic rings. The number of nitrogens with two attached hydrogens (primary N) is 1. The second-order valence-corrected chi connectivity index (χ2v) is 10.0. The van der Waals surface area contributed by atoms with Gasteiger partial charge in [0.25, 0.3) is 11.8 Å². The van der Waals surface area contributed by atoms with Gasteiger partial charge >= 0.3 is 5.97 Å². The van der Waals surface area contributed by atoms with Crippen LogP contribution in [0.4, 0.5) is 5.00 Å². The number of rotatable bonds is 8. The topological polar surface area (TPSA) is 127 Å². The number of nitriles is 1. The summed E-state index contributed by atoms with van der Waals surface area (Å²) >= 11 is 1.34. The molecule has 0 radical (unpaired) electrons. The molecular weight excluding hydrogens is 452 g/mol. The molecule has 34 heavy (non-hydrogen) atoms. The van der Waals surface area contributed by atoms with Crippen molar-refractivity contribution >= 4 is 40.2 Å². The van der Waals surface area contributed by atoms with E-state index in [1.807, 2.05) is 26.0 Å². The summed E-state index contributed by atoms with van der Waals surface area (Å²) in [7, 11) is 0. The average molecular weight is 483 g/mol. The van der Waals surface area contributed by atoms with Crippen molar-refractivity contribution in [3.8, 4) is 6.07 Å². The van der Waals surface area contributed by atoms with Gasteiger partial charge in [0.1, 0.15) is 16.6 Å². The molecule has 0 aliphatic heterocycles. The predicted octanol–water partition coefficient (Wildman–Crippen LogP) is 3.89. The molecule has 1 aliphatic carbocycles. The van der Waals surface area contributed by atoms with E-state index in [-0.39, 0.29) is 5.57 Å². The molecule has 2 amide bonds. The number of carbonyl (C=O) groups is 3. The Kier molecular flexibility index (Phi) is 7.94. The van der Waals surface area contributed by atoms with E-state index in [0.717, 1.165) is 59.6 Å². The minimum Gasteiger partial charge on any atom is -0.451 e. The third-order valence-corrected chi connectivity index (χ3v) is 7.01. The molecule has 2 aromatic rings. The number of anilines is 1. The number of nitrogens with zero attached hydrogens (tertiary/aromatic N) is 2. The first-order valence-corrected chi connectivity index (χ1v) is 12.1. The van der Waals surface area contributed by atoms with E-state index in [1.165, 1.54) is 17.4 Å². The van der Waals surface area contributed by atoms with Crippen LogP contribution in [0.2, 0.25) is 0 Å². The van der Waals surface area contributed by atoms with Gasteiger partial charge in [0.05, 0.1) is 5.56 Å². The molecular formula is C25H30N4O4S. The summed E-state index contributed by atoms with van der Waals surface area (Å²) in [5.41, 5.74) is 9.34. The Labute approximate surface area is 203 Å². The Morgan fingerprint density at radius 3 is 2.65 bits per heavy atom.